The summed E-state index contributed by atoms with van der Waals surface area (Å²) in [6, 6.07) is 8.46. The summed E-state index contributed by atoms with van der Waals surface area (Å²) >= 11 is 0. The minimum Gasteiger partial charge on any atom is -0.497 e. The molecule has 3 heteroatoms. The summed E-state index contributed by atoms with van der Waals surface area (Å²) < 4.78 is 5.26. The molecule has 0 saturated carbocycles. The molecule has 1 saturated heterocycles. The van der Waals surface area contributed by atoms with Crippen molar-refractivity contribution in [2.45, 2.75) is 51.0 Å². The summed E-state index contributed by atoms with van der Waals surface area (Å²) in [7, 11) is 1.69. The zero-order valence-corrected chi connectivity index (χ0v) is 14.0. The second-order valence-electron chi connectivity index (χ2n) is 6.70. The highest BCUT2D eigenvalue weighted by Gasteiger charge is 2.28. The van der Waals surface area contributed by atoms with Gasteiger partial charge in [0.15, 0.2) is 0 Å². The van der Waals surface area contributed by atoms with Crippen molar-refractivity contribution in [3.63, 3.8) is 0 Å². The van der Waals surface area contributed by atoms with Crippen LogP contribution in [0.3, 0.4) is 0 Å². The first-order valence-electron chi connectivity index (χ1n) is 8.88. The number of nitrogens with zero attached hydrogens (tertiary/aromatic N) is 1. The van der Waals surface area contributed by atoms with Gasteiger partial charge in [-0.3, -0.25) is 4.79 Å². The summed E-state index contributed by atoms with van der Waals surface area (Å²) in [5.41, 5.74) is 1.24. The van der Waals surface area contributed by atoms with Gasteiger partial charge < -0.3 is 9.64 Å². The largest absolute Gasteiger partial charge is 0.497 e. The Morgan fingerprint density at radius 3 is 2.70 bits per heavy atom. The molecule has 2 aliphatic rings. The van der Waals surface area contributed by atoms with Crippen molar-refractivity contribution in [2.24, 2.45) is 5.92 Å². The molecule has 0 radical (unpaired) electrons. The van der Waals surface area contributed by atoms with Crippen LogP contribution in [0.4, 0.5) is 0 Å². The number of allylic oxidation sites excluding steroid dienone is 2. The number of amides is 1. The number of hydrogen-bond donors (Lipinski definition) is 0. The molecule has 1 aromatic rings. The van der Waals surface area contributed by atoms with Crippen molar-refractivity contribution in [1.82, 2.24) is 4.90 Å². The molecule has 0 spiro atoms. The Bertz CT molecular complexity index is 549. The number of rotatable bonds is 4. The fourth-order valence-corrected chi connectivity index (χ4v) is 3.79. The maximum atomic E-state index is 12.9. The van der Waals surface area contributed by atoms with Crippen molar-refractivity contribution in [3.8, 4) is 5.75 Å². The third kappa shape index (κ3) is 3.95. The Morgan fingerprint density at radius 2 is 2.00 bits per heavy atom. The molecular weight excluding hydrogens is 286 g/mol. The predicted molar refractivity (Wildman–Crippen MR) is 92.4 cm³/mol. The summed E-state index contributed by atoms with van der Waals surface area (Å²) in [6.07, 6.45) is 12.0. The molecule has 1 fully saturated rings. The summed E-state index contributed by atoms with van der Waals surface area (Å²) in [5.74, 6) is 1.64. The van der Waals surface area contributed by atoms with Crippen molar-refractivity contribution >= 4 is 5.91 Å². The van der Waals surface area contributed by atoms with Crippen molar-refractivity contribution < 1.29 is 9.53 Å². The highest BCUT2D eigenvalue weighted by molar-refractivity contribution is 5.77. The lowest BCUT2D eigenvalue weighted by Crippen LogP contribution is -2.35. The molecule has 1 aliphatic carbocycles. The third-order valence-corrected chi connectivity index (χ3v) is 5.12. The lowest BCUT2D eigenvalue weighted by atomic mass is 9.98. The summed E-state index contributed by atoms with van der Waals surface area (Å²) in [6.45, 7) is 0.895. The van der Waals surface area contributed by atoms with Crippen molar-refractivity contribution in [2.75, 3.05) is 13.7 Å². The highest BCUT2D eigenvalue weighted by Crippen LogP contribution is 2.33. The predicted octanol–water partition coefficient (Wildman–Crippen LogP) is 4.50. The number of carbonyl (C=O) groups is 1. The minimum absolute atomic E-state index is 0.223. The van der Waals surface area contributed by atoms with E-state index in [0.29, 0.717) is 18.2 Å². The monoisotopic (exact) mass is 313 g/mol. The third-order valence-electron chi connectivity index (χ3n) is 5.12. The van der Waals surface area contributed by atoms with Gasteiger partial charge in [-0.25, -0.2) is 0 Å². The first kappa shape index (κ1) is 16.1. The molecule has 0 bridgehead atoms. The molecular formula is C20H27NO2. The molecule has 1 amide bonds. The van der Waals surface area contributed by atoms with E-state index in [0.717, 1.165) is 38.0 Å². The van der Waals surface area contributed by atoms with Crippen molar-refractivity contribution in [1.29, 1.82) is 0 Å². The van der Waals surface area contributed by atoms with E-state index >= 15 is 0 Å². The molecule has 1 aromatic carbocycles. The normalized spacial score (nSPS) is 24.5. The molecule has 1 aliphatic heterocycles. The van der Waals surface area contributed by atoms with Crippen LogP contribution < -0.4 is 4.74 Å². The SMILES string of the molecule is COc1ccc(C2CCCCCN2C(=O)CC2C=CCC2)cc1. The molecule has 3 nitrogen and oxygen atoms in total. The molecule has 0 aromatic heterocycles. The Hall–Kier alpha value is -1.77. The Balaban J connectivity index is 1.75. The number of likely N-dealkylation sites (tertiary alicyclic amines) is 1. The van der Waals surface area contributed by atoms with Gasteiger partial charge >= 0.3 is 0 Å². The molecule has 23 heavy (non-hydrogen) atoms. The van der Waals surface area contributed by atoms with Gasteiger partial charge in [-0.2, -0.15) is 0 Å². The van der Waals surface area contributed by atoms with Crippen molar-refractivity contribution in [3.05, 3.63) is 42.0 Å². The standard InChI is InChI=1S/C20H27NO2/c1-23-18-12-10-17(11-13-18)19-9-3-2-6-14-21(19)20(22)15-16-7-4-5-8-16/h4,7,10-13,16,19H,2-3,5-6,8-9,14-15H2,1H3. The highest BCUT2D eigenvalue weighted by atomic mass is 16.5. The average molecular weight is 313 g/mol. The number of ether oxygens (including phenoxy) is 1. The minimum atomic E-state index is 0.223. The van der Waals surface area contributed by atoms with Crippen LogP contribution in [0.5, 0.6) is 5.75 Å². The van der Waals surface area contributed by atoms with E-state index in [4.69, 9.17) is 4.74 Å². The van der Waals surface area contributed by atoms with Crippen LogP contribution >= 0.6 is 0 Å². The maximum absolute atomic E-state index is 12.9. The number of carbonyl (C=O) groups excluding carboxylic acids is 1. The van der Waals surface area contributed by atoms with E-state index in [1.165, 1.54) is 18.4 Å². The Kier molecular flexibility index (Phi) is 5.37. The van der Waals surface area contributed by atoms with Crippen LogP contribution in [-0.4, -0.2) is 24.5 Å². The van der Waals surface area contributed by atoms with Crippen LogP contribution in [0.15, 0.2) is 36.4 Å². The number of benzene rings is 1. The van der Waals surface area contributed by atoms with E-state index in [2.05, 4.69) is 29.2 Å². The zero-order valence-electron chi connectivity index (χ0n) is 14.0. The smallest absolute Gasteiger partial charge is 0.223 e. The first-order valence-corrected chi connectivity index (χ1v) is 8.88. The second-order valence-corrected chi connectivity index (χ2v) is 6.70. The number of hydrogen-bond acceptors (Lipinski definition) is 2. The van der Waals surface area contributed by atoms with Crippen LogP contribution in [0.25, 0.3) is 0 Å². The van der Waals surface area contributed by atoms with Gasteiger partial charge in [-0.05, 0) is 49.3 Å². The van der Waals surface area contributed by atoms with Gasteiger partial charge in [-0.15, -0.1) is 0 Å². The van der Waals surface area contributed by atoms with Crippen LogP contribution in [0.2, 0.25) is 0 Å². The molecule has 0 N–H and O–H groups in total. The van der Waals surface area contributed by atoms with Crippen LogP contribution in [-0.2, 0) is 4.79 Å². The summed E-state index contributed by atoms with van der Waals surface area (Å²) in [5, 5.41) is 0. The van der Waals surface area contributed by atoms with E-state index in [-0.39, 0.29) is 6.04 Å². The first-order chi connectivity index (χ1) is 11.3. The van der Waals surface area contributed by atoms with E-state index < -0.39 is 0 Å². The van der Waals surface area contributed by atoms with E-state index in [9.17, 15) is 4.79 Å². The Labute approximate surface area is 139 Å². The van der Waals surface area contributed by atoms with E-state index in [1.807, 2.05) is 12.1 Å². The lowest BCUT2D eigenvalue weighted by Gasteiger charge is -2.31. The molecule has 3 rings (SSSR count). The quantitative estimate of drug-likeness (QED) is 0.766. The maximum Gasteiger partial charge on any atom is 0.223 e. The fraction of sp³-hybridized carbons (Fsp3) is 0.550. The lowest BCUT2D eigenvalue weighted by molar-refractivity contribution is -0.134. The van der Waals surface area contributed by atoms with Crippen LogP contribution in [0, 0.1) is 5.92 Å². The number of methoxy groups -OCH3 is 1. The zero-order chi connectivity index (χ0) is 16.1. The van der Waals surface area contributed by atoms with Gasteiger partial charge in [0.25, 0.3) is 0 Å². The van der Waals surface area contributed by atoms with Gasteiger partial charge in [0, 0.05) is 13.0 Å². The fourth-order valence-electron chi connectivity index (χ4n) is 3.79. The topological polar surface area (TPSA) is 29.5 Å². The van der Waals surface area contributed by atoms with Gasteiger partial charge in [0.2, 0.25) is 5.91 Å². The van der Waals surface area contributed by atoms with Gasteiger partial charge in [0.05, 0.1) is 13.2 Å². The summed E-state index contributed by atoms with van der Waals surface area (Å²) in [4.78, 5) is 15.0. The molecule has 1 heterocycles. The molecule has 2 unspecified atom stereocenters. The molecule has 2 atom stereocenters. The Morgan fingerprint density at radius 1 is 1.17 bits per heavy atom. The van der Waals surface area contributed by atoms with E-state index in [1.54, 1.807) is 7.11 Å². The molecule has 124 valence electrons. The van der Waals surface area contributed by atoms with Gasteiger partial charge in [0.1, 0.15) is 5.75 Å². The average Bonchev–Trinajstić information content (AvgIpc) is 2.96. The van der Waals surface area contributed by atoms with Crippen LogP contribution in [0.1, 0.15) is 56.6 Å². The van der Waals surface area contributed by atoms with Gasteiger partial charge in [-0.1, -0.05) is 37.1 Å². The second kappa shape index (κ2) is 7.67.